The Balaban J connectivity index is 2.23. The van der Waals surface area contributed by atoms with E-state index >= 15 is 0 Å². The molecule has 4 N–H and O–H groups in total. The quantitative estimate of drug-likeness (QED) is 0.784. The molecule has 0 aromatic carbocycles. The third kappa shape index (κ3) is 2.13. The summed E-state index contributed by atoms with van der Waals surface area (Å²) in [6.07, 6.45) is 0. The van der Waals surface area contributed by atoms with Crippen LogP contribution in [0, 0.1) is 13.8 Å². The lowest BCUT2D eigenvalue weighted by Gasteiger charge is -2.01. The molecule has 2 heterocycles. The Morgan fingerprint density at radius 1 is 1.59 bits per heavy atom. The third-order valence-corrected chi connectivity index (χ3v) is 4.03. The molecule has 5 nitrogen and oxygen atoms in total. The van der Waals surface area contributed by atoms with Crippen LogP contribution in [0.4, 0.5) is 11.5 Å². The minimum atomic E-state index is -0.300. The molecule has 0 unspecified atom stereocenters. The Labute approximate surface area is 107 Å². The molecular formula is C10H11ClN4OS. The van der Waals surface area contributed by atoms with Gasteiger partial charge < -0.3 is 11.1 Å². The Kier molecular flexibility index (Phi) is 3.08. The third-order valence-electron chi connectivity index (χ3n) is 2.33. The average molecular weight is 271 g/mol. The summed E-state index contributed by atoms with van der Waals surface area (Å²) in [5.41, 5.74) is 7.77. The van der Waals surface area contributed by atoms with Crippen LogP contribution in [-0.4, -0.2) is 16.1 Å². The van der Waals surface area contributed by atoms with Gasteiger partial charge in [0.1, 0.15) is 4.88 Å². The SMILES string of the molecule is Cc1csc(C(=O)Nc2n[nH]c(C)c2N)c1Cl. The number of amides is 1. The predicted octanol–water partition coefficient (Wildman–Crippen LogP) is 2.58. The smallest absolute Gasteiger partial charge is 0.268 e. The molecule has 17 heavy (non-hydrogen) atoms. The highest BCUT2D eigenvalue weighted by atomic mass is 35.5. The molecule has 0 bridgehead atoms. The number of thiophene rings is 1. The monoisotopic (exact) mass is 270 g/mol. The highest BCUT2D eigenvalue weighted by Gasteiger charge is 2.17. The zero-order valence-electron chi connectivity index (χ0n) is 9.30. The standard InChI is InChI=1S/C10H11ClN4OS/c1-4-3-17-8(6(4)11)10(16)13-9-7(12)5(2)14-15-9/h3H,12H2,1-2H3,(H2,13,14,15,16). The van der Waals surface area contributed by atoms with E-state index in [9.17, 15) is 4.79 Å². The number of carbonyl (C=O) groups is 1. The fourth-order valence-electron chi connectivity index (χ4n) is 1.28. The van der Waals surface area contributed by atoms with E-state index in [0.717, 1.165) is 5.56 Å². The highest BCUT2D eigenvalue weighted by Crippen LogP contribution is 2.28. The van der Waals surface area contributed by atoms with Crippen LogP contribution >= 0.6 is 22.9 Å². The number of hydrogen-bond donors (Lipinski definition) is 3. The number of nitrogens with two attached hydrogens (primary N) is 1. The number of rotatable bonds is 2. The number of H-pyrrole nitrogens is 1. The predicted molar refractivity (Wildman–Crippen MR) is 69.8 cm³/mol. The van der Waals surface area contributed by atoms with Gasteiger partial charge in [-0.2, -0.15) is 5.10 Å². The van der Waals surface area contributed by atoms with Crippen molar-refractivity contribution in [2.45, 2.75) is 13.8 Å². The number of carbonyl (C=O) groups excluding carboxylic acids is 1. The van der Waals surface area contributed by atoms with Crippen LogP contribution < -0.4 is 11.1 Å². The Morgan fingerprint density at radius 2 is 2.29 bits per heavy atom. The Morgan fingerprint density at radius 3 is 2.76 bits per heavy atom. The van der Waals surface area contributed by atoms with Gasteiger partial charge >= 0.3 is 0 Å². The van der Waals surface area contributed by atoms with Crippen molar-refractivity contribution in [1.29, 1.82) is 0 Å². The minimum Gasteiger partial charge on any atom is -0.394 e. The van der Waals surface area contributed by atoms with Crippen LogP contribution in [-0.2, 0) is 0 Å². The Hall–Kier alpha value is -1.53. The molecule has 0 aliphatic rings. The Bertz CT molecular complexity index is 575. The molecule has 0 aliphatic carbocycles. The molecule has 90 valence electrons. The first kappa shape index (κ1) is 11.9. The summed E-state index contributed by atoms with van der Waals surface area (Å²) >= 11 is 7.30. The summed E-state index contributed by atoms with van der Waals surface area (Å²) in [6, 6.07) is 0. The number of aromatic amines is 1. The van der Waals surface area contributed by atoms with E-state index in [1.165, 1.54) is 11.3 Å². The molecule has 2 rings (SSSR count). The fraction of sp³-hybridized carbons (Fsp3) is 0.200. The summed E-state index contributed by atoms with van der Waals surface area (Å²) in [5.74, 6) is 0.0286. The molecule has 0 aliphatic heterocycles. The number of aromatic nitrogens is 2. The van der Waals surface area contributed by atoms with Crippen LogP contribution in [0.3, 0.4) is 0 Å². The molecule has 2 aromatic heterocycles. The van der Waals surface area contributed by atoms with Gasteiger partial charge in [-0.25, -0.2) is 0 Å². The van der Waals surface area contributed by atoms with E-state index in [2.05, 4.69) is 15.5 Å². The molecule has 0 saturated carbocycles. The topological polar surface area (TPSA) is 83.8 Å². The van der Waals surface area contributed by atoms with Crippen LogP contribution in [0.25, 0.3) is 0 Å². The summed E-state index contributed by atoms with van der Waals surface area (Å²) < 4.78 is 0. The van der Waals surface area contributed by atoms with Crippen molar-refractivity contribution in [2.75, 3.05) is 11.1 Å². The van der Waals surface area contributed by atoms with Gasteiger partial charge in [0.05, 0.1) is 16.4 Å². The van der Waals surface area contributed by atoms with Crippen molar-refractivity contribution in [1.82, 2.24) is 10.2 Å². The van der Waals surface area contributed by atoms with Crippen molar-refractivity contribution in [3.8, 4) is 0 Å². The van der Waals surface area contributed by atoms with E-state index in [-0.39, 0.29) is 5.91 Å². The van der Waals surface area contributed by atoms with Gasteiger partial charge in [-0.3, -0.25) is 9.89 Å². The first-order valence-electron chi connectivity index (χ1n) is 4.86. The normalized spacial score (nSPS) is 10.5. The molecule has 0 spiro atoms. The average Bonchev–Trinajstić information content (AvgIpc) is 2.77. The maximum atomic E-state index is 11.9. The number of nitrogens with one attached hydrogen (secondary N) is 2. The van der Waals surface area contributed by atoms with Gasteiger partial charge in [-0.1, -0.05) is 11.6 Å². The molecule has 0 saturated heterocycles. The molecule has 1 amide bonds. The maximum Gasteiger partial charge on any atom is 0.268 e. The van der Waals surface area contributed by atoms with Gasteiger partial charge in [0.2, 0.25) is 0 Å². The minimum absolute atomic E-state index is 0.300. The van der Waals surface area contributed by atoms with Crippen molar-refractivity contribution >= 4 is 40.4 Å². The molecule has 0 fully saturated rings. The second-order valence-electron chi connectivity index (χ2n) is 3.63. The van der Waals surface area contributed by atoms with Gasteiger partial charge in [0.25, 0.3) is 5.91 Å². The van der Waals surface area contributed by atoms with E-state index in [1.54, 1.807) is 6.92 Å². The molecule has 0 radical (unpaired) electrons. The lowest BCUT2D eigenvalue weighted by atomic mass is 10.3. The van der Waals surface area contributed by atoms with Crippen molar-refractivity contribution < 1.29 is 4.79 Å². The molecule has 7 heteroatoms. The highest BCUT2D eigenvalue weighted by molar-refractivity contribution is 7.13. The first-order chi connectivity index (χ1) is 8.00. The van der Waals surface area contributed by atoms with Crippen LogP contribution in [0.1, 0.15) is 20.9 Å². The zero-order valence-corrected chi connectivity index (χ0v) is 10.9. The van der Waals surface area contributed by atoms with Crippen LogP contribution in [0.5, 0.6) is 0 Å². The maximum absolute atomic E-state index is 11.9. The lowest BCUT2D eigenvalue weighted by Crippen LogP contribution is -2.12. The van der Waals surface area contributed by atoms with Crippen LogP contribution in [0.2, 0.25) is 5.02 Å². The number of halogens is 1. The second kappa shape index (κ2) is 4.38. The summed E-state index contributed by atoms with van der Waals surface area (Å²) in [6.45, 7) is 3.63. The van der Waals surface area contributed by atoms with Gasteiger partial charge in [0, 0.05) is 0 Å². The number of aryl methyl sites for hydroxylation is 2. The fourth-order valence-corrected chi connectivity index (χ4v) is 2.45. The first-order valence-corrected chi connectivity index (χ1v) is 6.12. The largest absolute Gasteiger partial charge is 0.394 e. The van der Waals surface area contributed by atoms with E-state index in [4.69, 9.17) is 17.3 Å². The number of hydrogen-bond acceptors (Lipinski definition) is 4. The van der Waals surface area contributed by atoms with Crippen LogP contribution in [0.15, 0.2) is 5.38 Å². The van der Waals surface area contributed by atoms with E-state index in [1.807, 2.05) is 12.3 Å². The van der Waals surface area contributed by atoms with Gasteiger partial charge in [-0.15, -0.1) is 11.3 Å². The summed E-state index contributed by atoms with van der Waals surface area (Å²) in [5, 5.41) is 11.5. The molecule has 2 aromatic rings. The van der Waals surface area contributed by atoms with Gasteiger partial charge in [0.15, 0.2) is 5.82 Å². The summed E-state index contributed by atoms with van der Waals surface area (Å²) in [7, 11) is 0. The molecular weight excluding hydrogens is 260 g/mol. The van der Waals surface area contributed by atoms with Crippen molar-refractivity contribution in [2.24, 2.45) is 0 Å². The number of nitrogen functional groups attached to an aromatic ring is 1. The zero-order chi connectivity index (χ0) is 12.6. The van der Waals surface area contributed by atoms with Crippen molar-refractivity contribution in [3.05, 3.63) is 26.5 Å². The van der Waals surface area contributed by atoms with E-state index in [0.29, 0.717) is 27.1 Å². The number of nitrogens with zero attached hydrogens (tertiary/aromatic N) is 1. The van der Waals surface area contributed by atoms with E-state index < -0.39 is 0 Å². The van der Waals surface area contributed by atoms with Gasteiger partial charge in [-0.05, 0) is 24.8 Å². The number of anilines is 2. The lowest BCUT2D eigenvalue weighted by molar-refractivity contribution is 0.103. The summed E-state index contributed by atoms with van der Waals surface area (Å²) in [4.78, 5) is 12.4. The second-order valence-corrected chi connectivity index (χ2v) is 4.88. The van der Waals surface area contributed by atoms with Crippen molar-refractivity contribution in [3.63, 3.8) is 0 Å². The molecule has 0 atom stereocenters.